The highest BCUT2D eigenvalue weighted by atomic mass is 32.2. The molecule has 5 heteroatoms. The van der Waals surface area contributed by atoms with Crippen LogP contribution in [0.25, 0.3) is 11.3 Å². The maximum Gasteiger partial charge on any atom is 0.189 e. The molecule has 124 valence electrons. The zero-order valence-electron chi connectivity index (χ0n) is 14.4. The summed E-state index contributed by atoms with van der Waals surface area (Å²) in [6.07, 6.45) is 4.26. The fourth-order valence-electron chi connectivity index (χ4n) is 2.99. The van der Waals surface area contributed by atoms with Gasteiger partial charge in [-0.05, 0) is 31.9 Å². The number of aromatic nitrogens is 2. The van der Waals surface area contributed by atoms with Gasteiger partial charge in [-0.15, -0.1) is 0 Å². The van der Waals surface area contributed by atoms with Gasteiger partial charge in [0, 0.05) is 18.7 Å². The molecular weight excluding hydrogens is 316 g/mol. The summed E-state index contributed by atoms with van der Waals surface area (Å²) < 4.78 is 0. The van der Waals surface area contributed by atoms with Gasteiger partial charge >= 0.3 is 0 Å². The van der Waals surface area contributed by atoms with Crippen LogP contribution in [0.1, 0.15) is 30.9 Å². The third kappa shape index (κ3) is 3.39. The number of thioether (sulfide) groups is 1. The molecule has 0 saturated carbocycles. The number of benzene rings is 1. The van der Waals surface area contributed by atoms with Crippen molar-refractivity contribution >= 4 is 17.6 Å². The van der Waals surface area contributed by atoms with Gasteiger partial charge in [0.15, 0.2) is 11.0 Å². The van der Waals surface area contributed by atoms with E-state index in [1.165, 1.54) is 17.3 Å². The summed E-state index contributed by atoms with van der Waals surface area (Å²) in [5, 5.41) is 10.5. The lowest BCUT2D eigenvalue weighted by Crippen LogP contribution is -2.34. The number of nitrogens with zero attached hydrogens (tertiary/aromatic N) is 4. The zero-order chi connectivity index (χ0) is 17.1. The summed E-state index contributed by atoms with van der Waals surface area (Å²) in [5.41, 5.74) is 3.50. The second kappa shape index (κ2) is 7.23. The topological polar surface area (TPSA) is 52.8 Å². The van der Waals surface area contributed by atoms with E-state index in [1.54, 1.807) is 0 Å². The zero-order valence-corrected chi connectivity index (χ0v) is 15.2. The van der Waals surface area contributed by atoms with Crippen molar-refractivity contribution in [2.24, 2.45) is 5.92 Å². The first-order valence-electron chi connectivity index (χ1n) is 8.30. The van der Waals surface area contributed by atoms with Crippen molar-refractivity contribution in [1.29, 1.82) is 5.26 Å². The maximum absolute atomic E-state index is 9.80. The van der Waals surface area contributed by atoms with E-state index in [2.05, 4.69) is 46.9 Å². The third-order valence-electron chi connectivity index (χ3n) is 4.57. The first kappa shape index (κ1) is 16.8. The van der Waals surface area contributed by atoms with Crippen LogP contribution < -0.4 is 4.90 Å². The van der Waals surface area contributed by atoms with Crippen molar-refractivity contribution in [1.82, 2.24) is 9.97 Å². The lowest BCUT2D eigenvalue weighted by Gasteiger charge is -2.32. The van der Waals surface area contributed by atoms with Crippen molar-refractivity contribution in [3.05, 3.63) is 35.4 Å². The van der Waals surface area contributed by atoms with Gasteiger partial charge in [0.25, 0.3) is 0 Å². The molecule has 0 bridgehead atoms. The van der Waals surface area contributed by atoms with E-state index in [0.717, 1.165) is 54.1 Å². The van der Waals surface area contributed by atoms with Crippen LogP contribution in [0.5, 0.6) is 0 Å². The molecule has 1 aromatic carbocycles. The molecule has 0 unspecified atom stereocenters. The molecule has 0 spiro atoms. The van der Waals surface area contributed by atoms with Gasteiger partial charge in [-0.25, -0.2) is 9.97 Å². The van der Waals surface area contributed by atoms with E-state index in [4.69, 9.17) is 0 Å². The van der Waals surface area contributed by atoms with Crippen molar-refractivity contribution in [2.45, 2.75) is 31.8 Å². The third-order valence-corrected chi connectivity index (χ3v) is 5.12. The molecule has 0 atom stereocenters. The van der Waals surface area contributed by atoms with E-state index >= 15 is 0 Å². The van der Waals surface area contributed by atoms with Gasteiger partial charge in [-0.3, -0.25) is 0 Å². The van der Waals surface area contributed by atoms with E-state index < -0.39 is 0 Å². The minimum Gasteiger partial charge on any atom is -0.355 e. The quantitative estimate of drug-likeness (QED) is 0.617. The SMILES string of the molecule is CSc1nc(-c2ccc(C)cc2)c(C#N)c(N2CCC(C)CC2)n1. The minimum absolute atomic E-state index is 0.589. The summed E-state index contributed by atoms with van der Waals surface area (Å²) in [5.74, 6) is 1.53. The van der Waals surface area contributed by atoms with Crippen LogP contribution in [-0.4, -0.2) is 29.3 Å². The van der Waals surface area contributed by atoms with Gasteiger partial charge in [0.1, 0.15) is 11.6 Å². The molecule has 1 aliphatic rings. The smallest absolute Gasteiger partial charge is 0.189 e. The first-order chi connectivity index (χ1) is 11.6. The Morgan fingerprint density at radius 1 is 1.17 bits per heavy atom. The molecule has 0 radical (unpaired) electrons. The van der Waals surface area contributed by atoms with Crippen molar-refractivity contribution in [3.63, 3.8) is 0 Å². The molecule has 24 heavy (non-hydrogen) atoms. The van der Waals surface area contributed by atoms with Crippen molar-refractivity contribution < 1.29 is 0 Å². The van der Waals surface area contributed by atoms with Crippen LogP contribution in [0, 0.1) is 24.2 Å². The van der Waals surface area contributed by atoms with Crippen LogP contribution in [0.15, 0.2) is 29.4 Å². The average molecular weight is 338 g/mol. The minimum atomic E-state index is 0.589. The molecular formula is C19H22N4S. The maximum atomic E-state index is 9.80. The normalized spacial score (nSPS) is 15.3. The van der Waals surface area contributed by atoms with E-state index in [0.29, 0.717) is 5.56 Å². The van der Waals surface area contributed by atoms with Crippen LogP contribution in [0.4, 0.5) is 5.82 Å². The second-order valence-corrected chi connectivity index (χ2v) is 7.18. The monoisotopic (exact) mass is 338 g/mol. The van der Waals surface area contributed by atoms with Gasteiger partial charge in [-0.2, -0.15) is 5.26 Å². The Labute approximate surface area is 147 Å². The van der Waals surface area contributed by atoms with Gasteiger partial charge in [-0.1, -0.05) is 48.5 Å². The molecule has 0 aliphatic carbocycles. The number of hydrogen-bond acceptors (Lipinski definition) is 5. The van der Waals surface area contributed by atoms with Crippen LogP contribution in [0.2, 0.25) is 0 Å². The molecule has 1 aliphatic heterocycles. The standard InChI is InChI=1S/C19H22N4S/c1-13-4-6-15(7-5-13)17-16(12-20)18(22-19(21-17)24-3)23-10-8-14(2)9-11-23/h4-7,14H,8-11H2,1-3H3. The largest absolute Gasteiger partial charge is 0.355 e. The Bertz CT molecular complexity index is 756. The Balaban J connectivity index is 2.10. The Morgan fingerprint density at radius 2 is 1.83 bits per heavy atom. The van der Waals surface area contributed by atoms with Crippen molar-refractivity contribution in [2.75, 3.05) is 24.2 Å². The summed E-state index contributed by atoms with van der Waals surface area (Å²) in [4.78, 5) is 11.6. The van der Waals surface area contributed by atoms with Gasteiger partial charge in [0.05, 0.1) is 5.69 Å². The van der Waals surface area contributed by atoms with Crippen LogP contribution >= 0.6 is 11.8 Å². The first-order valence-corrected chi connectivity index (χ1v) is 9.53. The number of piperidine rings is 1. The highest BCUT2D eigenvalue weighted by Gasteiger charge is 2.23. The number of hydrogen-bond donors (Lipinski definition) is 0. The fraction of sp³-hybridized carbons (Fsp3) is 0.421. The summed E-state index contributed by atoms with van der Waals surface area (Å²) >= 11 is 1.52. The highest BCUT2D eigenvalue weighted by molar-refractivity contribution is 7.98. The predicted molar refractivity (Wildman–Crippen MR) is 99.3 cm³/mol. The lowest BCUT2D eigenvalue weighted by atomic mass is 9.98. The second-order valence-electron chi connectivity index (χ2n) is 6.40. The van der Waals surface area contributed by atoms with E-state index in [-0.39, 0.29) is 0 Å². The van der Waals surface area contributed by atoms with Crippen LogP contribution in [-0.2, 0) is 0 Å². The predicted octanol–water partition coefficient (Wildman–Crippen LogP) is 4.28. The molecule has 1 saturated heterocycles. The molecule has 2 heterocycles. The molecule has 2 aromatic rings. The molecule has 4 nitrogen and oxygen atoms in total. The molecule has 0 amide bonds. The number of aryl methyl sites for hydroxylation is 1. The van der Waals surface area contributed by atoms with Gasteiger partial charge in [0.2, 0.25) is 0 Å². The van der Waals surface area contributed by atoms with Gasteiger partial charge < -0.3 is 4.90 Å². The lowest BCUT2D eigenvalue weighted by molar-refractivity contribution is 0.436. The molecule has 3 rings (SSSR count). The molecule has 1 aromatic heterocycles. The Morgan fingerprint density at radius 3 is 2.42 bits per heavy atom. The van der Waals surface area contributed by atoms with Crippen molar-refractivity contribution in [3.8, 4) is 17.3 Å². The Kier molecular flexibility index (Phi) is 5.06. The highest BCUT2D eigenvalue weighted by Crippen LogP contribution is 2.32. The van der Waals surface area contributed by atoms with Crippen LogP contribution in [0.3, 0.4) is 0 Å². The number of nitriles is 1. The number of rotatable bonds is 3. The average Bonchev–Trinajstić information content (AvgIpc) is 2.62. The summed E-state index contributed by atoms with van der Waals surface area (Å²) in [6.45, 7) is 6.25. The molecule has 1 fully saturated rings. The number of anilines is 1. The summed E-state index contributed by atoms with van der Waals surface area (Å²) in [6, 6.07) is 10.5. The molecule has 0 N–H and O–H groups in total. The summed E-state index contributed by atoms with van der Waals surface area (Å²) in [7, 11) is 0. The fourth-order valence-corrected chi connectivity index (χ4v) is 3.35. The van der Waals surface area contributed by atoms with E-state index in [1.807, 2.05) is 18.4 Å². The Hall–Kier alpha value is -2.06. The van der Waals surface area contributed by atoms with E-state index in [9.17, 15) is 5.26 Å².